The van der Waals surface area contributed by atoms with Gasteiger partial charge in [-0.05, 0) is 30.3 Å². The van der Waals surface area contributed by atoms with Gasteiger partial charge in [-0.25, -0.2) is 9.37 Å². The lowest BCUT2D eigenvalue weighted by Crippen LogP contribution is -2.54. The summed E-state index contributed by atoms with van der Waals surface area (Å²) < 4.78 is 53.0. The molecule has 1 N–H and O–H groups in total. The molecule has 40 heavy (non-hydrogen) atoms. The Labute approximate surface area is 232 Å². The van der Waals surface area contributed by atoms with Crippen molar-refractivity contribution >= 4 is 39.7 Å². The van der Waals surface area contributed by atoms with Crippen LogP contribution < -0.4 is 10.2 Å². The Kier molecular flexibility index (Phi) is 8.22. The number of piperazine rings is 2. The highest BCUT2D eigenvalue weighted by molar-refractivity contribution is 7.14. The molecule has 3 aromatic rings. The number of amides is 2. The zero-order valence-electron chi connectivity index (χ0n) is 21.5. The molecule has 0 unspecified atom stereocenters. The highest BCUT2D eigenvalue weighted by atomic mass is 32.1. The molecule has 2 aliphatic rings. The standard InChI is InChI=1S/C27H28F4N6O2S/c28-21-6-1-2-7-22(21)32-26-33-23(18-40-26)25(39)37-10-8-34(9-11-37)17-24(38)36-14-12-35(13-15-36)20-5-3-4-19(16-20)27(29,30)31/h1-7,16,18H,8-15,17H2,(H,32,33). The first-order chi connectivity index (χ1) is 19.2. The molecule has 0 saturated carbocycles. The second kappa shape index (κ2) is 11.8. The summed E-state index contributed by atoms with van der Waals surface area (Å²) in [5.41, 5.74) is 0.381. The summed E-state index contributed by atoms with van der Waals surface area (Å²) in [5.74, 6) is -0.657. The van der Waals surface area contributed by atoms with E-state index >= 15 is 0 Å². The van der Waals surface area contributed by atoms with Gasteiger partial charge in [0, 0.05) is 63.4 Å². The van der Waals surface area contributed by atoms with Gasteiger partial charge >= 0.3 is 6.18 Å². The molecule has 2 saturated heterocycles. The van der Waals surface area contributed by atoms with Gasteiger partial charge in [0.15, 0.2) is 5.13 Å². The number of nitrogens with one attached hydrogen (secondary N) is 1. The van der Waals surface area contributed by atoms with Crippen LogP contribution in [0.25, 0.3) is 0 Å². The molecular weight excluding hydrogens is 548 g/mol. The number of anilines is 3. The third kappa shape index (κ3) is 6.53. The fourth-order valence-corrected chi connectivity index (χ4v) is 5.46. The summed E-state index contributed by atoms with van der Waals surface area (Å²) in [5, 5.41) is 4.96. The zero-order valence-corrected chi connectivity index (χ0v) is 22.3. The van der Waals surface area contributed by atoms with Crippen LogP contribution in [0.1, 0.15) is 16.1 Å². The van der Waals surface area contributed by atoms with Crippen molar-refractivity contribution in [2.24, 2.45) is 0 Å². The van der Waals surface area contributed by atoms with Crippen LogP contribution in [-0.2, 0) is 11.0 Å². The van der Waals surface area contributed by atoms with Crippen molar-refractivity contribution in [2.45, 2.75) is 6.18 Å². The molecule has 0 spiro atoms. The minimum atomic E-state index is -4.40. The Balaban J connectivity index is 1.07. The van der Waals surface area contributed by atoms with Gasteiger partial charge in [0.2, 0.25) is 5.91 Å². The van der Waals surface area contributed by atoms with Gasteiger partial charge in [-0.2, -0.15) is 13.2 Å². The van der Waals surface area contributed by atoms with Crippen LogP contribution in [0.2, 0.25) is 0 Å². The van der Waals surface area contributed by atoms with Gasteiger partial charge in [0.1, 0.15) is 11.5 Å². The molecule has 2 aliphatic heterocycles. The number of nitrogens with zero attached hydrogens (tertiary/aromatic N) is 5. The number of hydrogen-bond donors (Lipinski definition) is 1. The third-order valence-corrected chi connectivity index (χ3v) is 7.79. The van der Waals surface area contributed by atoms with Crippen LogP contribution in [0.15, 0.2) is 53.9 Å². The number of rotatable bonds is 6. The monoisotopic (exact) mass is 576 g/mol. The van der Waals surface area contributed by atoms with Crippen LogP contribution in [0.4, 0.5) is 34.1 Å². The van der Waals surface area contributed by atoms with Gasteiger partial charge in [0.05, 0.1) is 17.8 Å². The van der Waals surface area contributed by atoms with Crippen LogP contribution in [-0.4, -0.2) is 90.4 Å². The number of halogens is 4. The number of aromatic nitrogens is 1. The first-order valence-electron chi connectivity index (χ1n) is 12.9. The average molecular weight is 577 g/mol. The molecule has 1 aromatic heterocycles. The van der Waals surface area contributed by atoms with Crippen molar-refractivity contribution in [3.05, 3.63) is 71.0 Å². The fraction of sp³-hybridized carbons (Fsp3) is 0.370. The van der Waals surface area contributed by atoms with Gasteiger partial charge in [-0.3, -0.25) is 14.5 Å². The fourth-order valence-electron chi connectivity index (χ4n) is 4.76. The highest BCUT2D eigenvalue weighted by Crippen LogP contribution is 2.32. The minimum absolute atomic E-state index is 0.0353. The molecule has 13 heteroatoms. The average Bonchev–Trinajstić information content (AvgIpc) is 3.42. The van der Waals surface area contributed by atoms with E-state index in [4.69, 9.17) is 0 Å². The number of para-hydroxylation sites is 1. The molecular formula is C27H28F4N6O2S. The van der Waals surface area contributed by atoms with Gasteiger partial charge in [-0.1, -0.05) is 18.2 Å². The number of carbonyl (C=O) groups excluding carboxylic acids is 2. The van der Waals surface area contributed by atoms with Crippen LogP contribution >= 0.6 is 11.3 Å². The normalized spacial score (nSPS) is 16.8. The topological polar surface area (TPSA) is 72.0 Å². The van der Waals surface area contributed by atoms with Crippen molar-refractivity contribution in [3.63, 3.8) is 0 Å². The Hall–Kier alpha value is -3.71. The smallest absolute Gasteiger partial charge is 0.368 e. The lowest BCUT2D eigenvalue weighted by atomic mass is 10.1. The maximum absolute atomic E-state index is 13.9. The summed E-state index contributed by atoms with van der Waals surface area (Å²) in [7, 11) is 0. The highest BCUT2D eigenvalue weighted by Gasteiger charge is 2.32. The Morgan fingerprint density at radius 2 is 1.60 bits per heavy atom. The van der Waals surface area contributed by atoms with E-state index in [-0.39, 0.29) is 29.7 Å². The van der Waals surface area contributed by atoms with E-state index in [1.54, 1.807) is 39.4 Å². The molecule has 0 bridgehead atoms. The maximum Gasteiger partial charge on any atom is 0.416 e. The maximum atomic E-state index is 13.9. The van der Waals surface area contributed by atoms with Crippen LogP contribution in [0.3, 0.4) is 0 Å². The van der Waals surface area contributed by atoms with Crippen LogP contribution in [0.5, 0.6) is 0 Å². The van der Waals surface area contributed by atoms with E-state index in [1.165, 1.54) is 23.5 Å². The first-order valence-corrected chi connectivity index (χ1v) is 13.7. The van der Waals surface area contributed by atoms with Gasteiger partial charge in [-0.15, -0.1) is 11.3 Å². The van der Waals surface area contributed by atoms with Crippen molar-refractivity contribution in [3.8, 4) is 0 Å². The number of thiazole rings is 1. The molecule has 8 nitrogen and oxygen atoms in total. The predicted octanol–water partition coefficient (Wildman–Crippen LogP) is 4.15. The molecule has 3 heterocycles. The second-order valence-corrected chi connectivity index (χ2v) is 10.5. The Bertz CT molecular complexity index is 1350. The summed E-state index contributed by atoms with van der Waals surface area (Å²) >= 11 is 1.22. The number of hydrogen-bond acceptors (Lipinski definition) is 7. The lowest BCUT2D eigenvalue weighted by molar-refractivity contribution is -0.137. The molecule has 0 radical (unpaired) electrons. The van der Waals surface area contributed by atoms with E-state index in [0.717, 1.165) is 12.1 Å². The predicted molar refractivity (Wildman–Crippen MR) is 144 cm³/mol. The Morgan fingerprint density at radius 3 is 2.30 bits per heavy atom. The minimum Gasteiger partial charge on any atom is -0.368 e. The lowest BCUT2D eigenvalue weighted by Gasteiger charge is -2.38. The number of benzene rings is 2. The van der Waals surface area contributed by atoms with E-state index in [0.29, 0.717) is 63.2 Å². The SMILES string of the molecule is O=C(CN1CCN(C(=O)c2csc(Nc3ccccc3F)n2)CC1)N1CCN(c2cccc(C(F)(F)F)c2)CC1. The summed E-state index contributed by atoms with van der Waals surface area (Å²) in [6, 6.07) is 11.5. The zero-order chi connectivity index (χ0) is 28.3. The Morgan fingerprint density at radius 1 is 0.900 bits per heavy atom. The van der Waals surface area contributed by atoms with E-state index in [1.807, 2.05) is 9.80 Å². The molecule has 0 aliphatic carbocycles. The summed E-state index contributed by atoms with van der Waals surface area (Å²) in [4.78, 5) is 37.4. The second-order valence-electron chi connectivity index (χ2n) is 9.63. The molecule has 2 aromatic carbocycles. The molecule has 212 valence electrons. The molecule has 2 fully saturated rings. The summed E-state index contributed by atoms with van der Waals surface area (Å²) in [6.07, 6.45) is -4.40. The van der Waals surface area contributed by atoms with E-state index in [9.17, 15) is 27.2 Å². The van der Waals surface area contributed by atoms with E-state index < -0.39 is 17.6 Å². The molecule has 2 amide bonds. The number of carbonyl (C=O) groups is 2. The first kappa shape index (κ1) is 27.8. The van der Waals surface area contributed by atoms with Gasteiger partial charge < -0.3 is 20.0 Å². The quantitative estimate of drug-likeness (QED) is 0.445. The summed E-state index contributed by atoms with van der Waals surface area (Å²) in [6.45, 7) is 3.96. The van der Waals surface area contributed by atoms with Gasteiger partial charge in [0.25, 0.3) is 5.91 Å². The van der Waals surface area contributed by atoms with Crippen molar-refractivity contribution in [1.29, 1.82) is 0 Å². The van der Waals surface area contributed by atoms with Crippen molar-refractivity contribution < 1.29 is 27.2 Å². The largest absolute Gasteiger partial charge is 0.416 e. The van der Waals surface area contributed by atoms with Crippen molar-refractivity contribution in [1.82, 2.24) is 19.7 Å². The number of alkyl halides is 3. The van der Waals surface area contributed by atoms with Crippen molar-refractivity contribution in [2.75, 3.05) is 69.1 Å². The molecule has 5 rings (SSSR count). The third-order valence-electron chi connectivity index (χ3n) is 7.03. The molecule has 0 atom stereocenters. The van der Waals surface area contributed by atoms with Crippen LogP contribution in [0, 0.1) is 5.82 Å². The van der Waals surface area contributed by atoms with E-state index in [2.05, 4.69) is 10.3 Å².